The van der Waals surface area contributed by atoms with Crippen LogP contribution < -0.4 is 5.32 Å². The Hall–Kier alpha value is -0.350. The van der Waals surface area contributed by atoms with Crippen LogP contribution in [-0.2, 0) is 13.5 Å². The van der Waals surface area contributed by atoms with Crippen LogP contribution in [0.5, 0.6) is 0 Å². The van der Waals surface area contributed by atoms with Crippen LogP contribution in [0.15, 0.2) is 10.7 Å². The quantitative estimate of drug-likeness (QED) is 0.794. The molecule has 4 heteroatoms. The lowest BCUT2D eigenvalue weighted by atomic mass is 10.3. The number of nitrogens with zero attached hydrogens (tertiary/aromatic N) is 2. The summed E-state index contributed by atoms with van der Waals surface area (Å²) in [6, 6.07) is 0. The van der Waals surface area contributed by atoms with Gasteiger partial charge < -0.3 is 5.32 Å². The Morgan fingerprint density at radius 3 is 2.92 bits per heavy atom. The molecule has 0 spiro atoms. The molecule has 0 radical (unpaired) electrons. The van der Waals surface area contributed by atoms with E-state index in [-0.39, 0.29) is 0 Å². The van der Waals surface area contributed by atoms with Gasteiger partial charge in [0.15, 0.2) is 0 Å². The summed E-state index contributed by atoms with van der Waals surface area (Å²) < 4.78 is 3.00. The maximum Gasteiger partial charge on any atom is 0.0635 e. The number of halogens is 1. The van der Waals surface area contributed by atoms with Gasteiger partial charge in [-0.25, -0.2) is 0 Å². The summed E-state index contributed by atoms with van der Waals surface area (Å²) >= 11 is 3.46. The molecular formula is C8H14BrN3. The highest BCUT2D eigenvalue weighted by Crippen LogP contribution is 2.14. The average molecular weight is 232 g/mol. The monoisotopic (exact) mass is 231 g/mol. The highest BCUT2D eigenvalue weighted by Gasteiger charge is 2.03. The number of likely N-dealkylation sites (N-methyl/N-ethyl adjacent to an activating group) is 1. The Labute approximate surface area is 81.3 Å². The molecule has 0 aliphatic rings. The Morgan fingerprint density at radius 1 is 1.67 bits per heavy atom. The predicted molar refractivity (Wildman–Crippen MR) is 53.2 cm³/mol. The van der Waals surface area contributed by atoms with Gasteiger partial charge in [-0.15, -0.1) is 0 Å². The minimum atomic E-state index is 1.01. The minimum Gasteiger partial charge on any atom is -0.317 e. The summed E-state index contributed by atoms with van der Waals surface area (Å²) in [4.78, 5) is 0. The third kappa shape index (κ3) is 2.32. The van der Waals surface area contributed by atoms with E-state index < -0.39 is 0 Å². The first kappa shape index (κ1) is 9.74. The predicted octanol–water partition coefficient (Wildman–Crippen LogP) is 1.33. The zero-order valence-electron chi connectivity index (χ0n) is 7.47. The fraction of sp³-hybridized carbons (Fsp3) is 0.625. The van der Waals surface area contributed by atoms with Crippen molar-refractivity contribution in [3.8, 4) is 0 Å². The molecule has 0 aliphatic heterocycles. The van der Waals surface area contributed by atoms with E-state index in [1.807, 2.05) is 17.9 Å². The largest absolute Gasteiger partial charge is 0.317 e. The zero-order valence-corrected chi connectivity index (χ0v) is 9.06. The van der Waals surface area contributed by atoms with Crippen molar-refractivity contribution >= 4 is 15.9 Å². The standard InChI is InChI=1S/C8H14BrN3/c1-3-10-5-4-8-7(9)6-11-12(8)2/h6,10H,3-5H2,1-2H3. The summed E-state index contributed by atoms with van der Waals surface area (Å²) in [5.41, 5.74) is 1.25. The summed E-state index contributed by atoms with van der Waals surface area (Å²) in [5, 5.41) is 7.42. The molecule has 0 unspecified atom stereocenters. The number of nitrogens with one attached hydrogen (secondary N) is 1. The van der Waals surface area contributed by atoms with Gasteiger partial charge in [0.25, 0.3) is 0 Å². The second kappa shape index (κ2) is 4.62. The molecule has 0 saturated carbocycles. The molecule has 0 bridgehead atoms. The van der Waals surface area contributed by atoms with Crippen LogP contribution in [-0.4, -0.2) is 22.9 Å². The number of aryl methyl sites for hydroxylation is 1. The molecule has 1 aromatic heterocycles. The van der Waals surface area contributed by atoms with Crippen molar-refractivity contribution in [2.45, 2.75) is 13.3 Å². The van der Waals surface area contributed by atoms with Gasteiger partial charge in [-0.1, -0.05) is 6.92 Å². The molecule has 0 atom stereocenters. The lowest BCUT2D eigenvalue weighted by molar-refractivity contribution is 0.656. The van der Waals surface area contributed by atoms with Gasteiger partial charge in [0.1, 0.15) is 0 Å². The molecule has 0 aromatic carbocycles. The van der Waals surface area contributed by atoms with Gasteiger partial charge in [0, 0.05) is 20.0 Å². The lowest BCUT2D eigenvalue weighted by Gasteiger charge is -2.02. The molecule has 0 saturated heterocycles. The molecule has 68 valence electrons. The first-order valence-corrected chi connectivity index (χ1v) is 4.92. The van der Waals surface area contributed by atoms with Crippen molar-refractivity contribution in [3.05, 3.63) is 16.4 Å². The van der Waals surface area contributed by atoms with Gasteiger partial charge in [0.05, 0.1) is 16.4 Å². The van der Waals surface area contributed by atoms with Gasteiger partial charge in [0.2, 0.25) is 0 Å². The SMILES string of the molecule is CCNCCc1c(Br)cnn1C. The van der Waals surface area contributed by atoms with Crippen molar-refractivity contribution in [3.63, 3.8) is 0 Å². The van der Waals surface area contributed by atoms with E-state index in [2.05, 4.69) is 33.3 Å². The highest BCUT2D eigenvalue weighted by atomic mass is 79.9. The first-order valence-electron chi connectivity index (χ1n) is 4.12. The fourth-order valence-electron chi connectivity index (χ4n) is 1.10. The van der Waals surface area contributed by atoms with Crippen LogP contribution in [0.4, 0.5) is 0 Å². The van der Waals surface area contributed by atoms with E-state index in [0.717, 1.165) is 24.0 Å². The summed E-state index contributed by atoms with van der Waals surface area (Å²) in [7, 11) is 1.96. The van der Waals surface area contributed by atoms with Crippen molar-refractivity contribution in [2.75, 3.05) is 13.1 Å². The van der Waals surface area contributed by atoms with E-state index in [1.54, 1.807) is 0 Å². The maximum atomic E-state index is 4.14. The number of aromatic nitrogens is 2. The molecule has 12 heavy (non-hydrogen) atoms. The lowest BCUT2D eigenvalue weighted by Crippen LogP contribution is -2.17. The minimum absolute atomic E-state index is 1.01. The van der Waals surface area contributed by atoms with Crippen LogP contribution in [0.25, 0.3) is 0 Å². The molecule has 0 amide bonds. The second-order valence-electron chi connectivity index (χ2n) is 2.67. The van der Waals surface area contributed by atoms with E-state index in [9.17, 15) is 0 Å². The molecule has 1 aromatic rings. The van der Waals surface area contributed by atoms with E-state index >= 15 is 0 Å². The summed E-state index contributed by atoms with van der Waals surface area (Å²) in [6.45, 7) is 4.14. The Kier molecular flexibility index (Phi) is 3.75. The van der Waals surface area contributed by atoms with Gasteiger partial charge in [-0.3, -0.25) is 4.68 Å². The van der Waals surface area contributed by atoms with Crippen LogP contribution in [0.3, 0.4) is 0 Å². The maximum absolute atomic E-state index is 4.14. The van der Waals surface area contributed by atoms with Crippen molar-refractivity contribution < 1.29 is 0 Å². The highest BCUT2D eigenvalue weighted by molar-refractivity contribution is 9.10. The zero-order chi connectivity index (χ0) is 8.97. The molecule has 0 aliphatic carbocycles. The van der Waals surface area contributed by atoms with Gasteiger partial charge in [-0.05, 0) is 22.5 Å². The molecule has 1 rings (SSSR count). The summed E-state index contributed by atoms with van der Waals surface area (Å²) in [5.74, 6) is 0. The van der Waals surface area contributed by atoms with Gasteiger partial charge >= 0.3 is 0 Å². The first-order chi connectivity index (χ1) is 5.75. The molecule has 1 heterocycles. The normalized spacial score (nSPS) is 10.6. The van der Waals surface area contributed by atoms with E-state index in [0.29, 0.717) is 0 Å². The van der Waals surface area contributed by atoms with Gasteiger partial charge in [-0.2, -0.15) is 5.10 Å². The second-order valence-corrected chi connectivity index (χ2v) is 3.52. The third-order valence-corrected chi connectivity index (χ3v) is 2.46. The number of hydrogen-bond acceptors (Lipinski definition) is 2. The molecule has 3 nitrogen and oxygen atoms in total. The van der Waals surface area contributed by atoms with Crippen LogP contribution in [0.1, 0.15) is 12.6 Å². The van der Waals surface area contributed by atoms with Crippen LogP contribution in [0, 0.1) is 0 Å². The average Bonchev–Trinajstić information content (AvgIpc) is 2.35. The topological polar surface area (TPSA) is 29.9 Å². The number of rotatable bonds is 4. The third-order valence-electron chi connectivity index (χ3n) is 1.80. The summed E-state index contributed by atoms with van der Waals surface area (Å²) in [6.07, 6.45) is 2.85. The Bertz CT molecular complexity index is 225. The molecule has 0 fully saturated rings. The molecule has 1 N–H and O–H groups in total. The number of hydrogen-bond donors (Lipinski definition) is 1. The van der Waals surface area contributed by atoms with E-state index in [4.69, 9.17) is 0 Å². The van der Waals surface area contributed by atoms with Crippen molar-refractivity contribution in [1.82, 2.24) is 15.1 Å². The fourth-order valence-corrected chi connectivity index (χ4v) is 1.65. The Morgan fingerprint density at radius 2 is 2.42 bits per heavy atom. The van der Waals surface area contributed by atoms with Crippen molar-refractivity contribution in [1.29, 1.82) is 0 Å². The van der Waals surface area contributed by atoms with Crippen LogP contribution >= 0.6 is 15.9 Å². The van der Waals surface area contributed by atoms with Crippen molar-refractivity contribution in [2.24, 2.45) is 7.05 Å². The van der Waals surface area contributed by atoms with E-state index in [1.165, 1.54) is 5.69 Å². The smallest absolute Gasteiger partial charge is 0.0635 e. The van der Waals surface area contributed by atoms with Crippen LogP contribution in [0.2, 0.25) is 0 Å². The Balaban J connectivity index is 2.50. The molecular weight excluding hydrogens is 218 g/mol.